The molecule has 0 aromatic heterocycles. The minimum Gasteiger partial charge on any atom is -0.288 e. The summed E-state index contributed by atoms with van der Waals surface area (Å²) in [5.74, 6) is -4.25. The first-order valence-electron chi connectivity index (χ1n) is 4.09. The summed E-state index contributed by atoms with van der Waals surface area (Å²) in [6.45, 7) is 3.37. The Morgan fingerprint density at radius 3 is 2.50 bits per heavy atom. The van der Waals surface area contributed by atoms with Gasteiger partial charge < -0.3 is 0 Å². The zero-order valence-electron chi connectivity index (χ0n) is 7.44. The Morgan fingerprint density at radius 1 is 1.50 bits per heavy atom. The fourth-order valence-corrected chi connectivity index (χ4v) is 0.795. The molecule has 0 aromatic carbocycles. The number of carbonyl (C=O) groups excluding carboxylic acids is 1. The summed E-state index contributed by atoms with van der Waals surface area (Å²) in [5, 5.41) is 0. The molecular weight excluding hydrogens is 162 g/mol. The highest BCUT2D eigenvalue weighted by molar-refractivity contribution is 5.95. The number of alkyl halides is 2. The Hall–Kier alpha value is -0.730. The smallest absolute Gasteiger partial charge is 0.288 e. The zero-order valence-corrected chi connectivity index (χ0v) is 7.44. The molecular formula is C9H14F2O. The Kier molecular flexibility index (Phi) is 4.71. The fraction of sp³-hybridized carbons (Fsp3) is 0.667. The standard InChI is InChI=1S/C9H14F2O/c1-3-5-7-9(10,11)8(12)6-4-2/h4,6H,3,5,7H2,1-2H3/b6-4+. The molecule has 1 nitrogen and oxygen atoms in total. The van der Waals surface area contributed by atoms with Crippen LogP contribution in [0.25, 0.3) is 0 Å². The number of hydrogen-bond acceptors (Lipinski definition) is 1. The summed E-state index contributed by atoms with van der Waals surface area (Å²) >= 11 is 0. The van der Waals surface area contributed by atoms with Crippen molar-refractivity contribution in [3.8, 4) is 0 Å². The van der Waals surface area contributed by atoms with Crippen LogP contribution in [0.4, 0.5) is 8.78 Å². The van der Waals surface area contributed by atoms with Crippen LogP contribution in [0, 0.1) is 0 Å². The highest BCUT2D eigenvalue weighted by atomic mass is 19.3. The van der Waals surface area contributed by atoms with E-state index in [9.17, 15) is 13.6 Å². The van der Waals surface area contributed by atoms with Crippen molar-refractivity contribution in [3.63, 3.8) is 0 Å². The lowest BCUT2D eigenvalue weighted by Gasteiger charge is -2.11. The highest BCUT2D eigenvalue weighted by Gasteiger charge is 2.35. The molecule has 0 aliphatic carbocycles. The lowest BCUT2D eigenvalue weighted by molar-refractivity contribution is -0.138. The molecule has 12 heavy (non-hydrogen) atoms. The molecule has 0 unspecified atom stereocenters. The van der Waals surface area contributed by atoms with Crippen molar-refractivity contribution in [2.75, 3.05) is 0 Å². The molecule has 0 rings (SSSR count). The Balaban J connectivity index is 4.09. The molecule has 0 aliphatic rings. The van der Waals surface area contributed by atoms with E-state index in [1.165, 1.54) is 6.08 Å². The molecule has 0 spiro atoms. The van der Waals surface area contributed by atoms with Crippen molar-refractivity contribution in [2.45, 2.75) is 39.0 Å². The topological polar surface area (TPSA) is 17.1 Å². The summed E-state index contributed by atoms with van der Waals surface area (Å²) in [5.41, 5.74) is 0. The average Bonchev–Trinajstić information content (AvgIpc) is 2.01. The number of halogens is 2. The summed E-state index contributed by atoms with van der Waals surface area (Å²) in [6.07, 6.45) is 2.99. The summed E-state index contributed by atoms with van der Waals surface area (Å²) in [7, 11) is 0. The molecule has 0 saturated carbocycles. The quantitative estimate of drug-likeness (QED) is 0.588. The largest absolute Gasteiger partial charge is 0.309 e. The van der Waals surface area contributed by atoms with Crippen molar-refractivity contribution < 1.29 is 13.6 Å². The van der Waals surface area contributed by atoms with Crippen LogP contribution >= 0.6 is 0 Å². The van der Waals surface area contributed by atoms with E-state index in [0.717, 1.165) is 6.08 Å². The summed E-state index contributed by atoms with van der Waals surface area (Å²) < 4.78 is 25.6. The van der Waals surface area contributed by atoms with Gasteiger partial charge in [-0.2, -0.15) is 8.78 Å². The minimum atomic E-state index is -3.16. The number of rotatable bonds is 5. The molecule has 0 bridgehead atoms. The molecule has 3 heteroatoms. The fourth-order valence-electron chi connectivity index (χ4n) is 0.795. The van der Waals surface area contributed by atoms with Crippen LogP contribution in [0.3, 0.4) is 0 Å². The van der Waals surface area contributed by atoms with Crippen LogP contribution in [0.15, 0.2) is 12.2 Å². The molecule has 0 aromatic rings. The van der Waals surface area contributed by atoms with E-state index < -0.39 is 11.7 Å². The normalized spacial score (nSPS) is 12.3. The van der Waals surface area contributed by atoms with Gasteiger partial charge in [-0.25, -0.2) is 0 Å². The van der Waals surface area contributed by atoms with E-state index in [4.69, 9.17) is 0 Å². The van der Waals surface area contributed by atoms with Gasteiger partial charge in [0.05, 0.1) is 0 Å². The first-order chi connectivity index (χ1) is 5.54. The Labute approximate surface area is 71.5 Å². The molecule has 0 radical (unpaired) electrons. The predicted molar refractivity (Wildman–Crippen MR) is 44.3 cm³/mol. The molecule has 0 saturated heterocycles. The first-order valence-corrected chi connectivity index (χ1v) is 4.09. The van der Waals surface area contributed by atoms with Crippen LogP contribution < -0.4 is 0 Å². The lowest BCUT2D eigenvalue weighted by Crippen LogP contribution is -2.26. The third kappa shape index (κ3) is 3.60. The van der Waals surface area contributed by atoms with Gasteiger partial charge in [0.25, 0.3) is 0 Å². The van der Waals surface area contributed by atoms with E-state index in [1.807, 2.05) is 6.92 Å². The monoisotopic (exact) mass is 176 g/mol. The van der Waals surface area contributed by atoms with Crippen LogP contribution in [-0.2, 0) is 4.79 Å². The van der Waals surface area contributed by atoms with Gasteiger partial charge >= 0.3 is 5.92 Å². The van der Waals surface area contributed by atoms with Gasteiger partial charge in [0.2, 0.25) is 5.78 Å². The van der Waals surface area contributed by atoms with E-state index in [1.54, 1.807) is 6.92 Å². The van der Waals surface area contributed by atoms with Crippen molar-refractivity contribution in [1.29, 1.82) is 0 Å². The lowest BCUT2D eigenvalue weighted by atomic mass is 10.1. The van der Waals surface area contributed by atoms with Gasteiger partial charge in [0, 0.05) is 6.42 Å². The number of ketones is 1. The maximum Gasteiger partial charge on any atom is 0.309 e. The molecule has 0 aliphatic heterocycles. The summed E-state index contributed by atoms with van der Waals surface area (Å²) in [4.78, 5) is 10.7. The molecule has 0 N–H and O–H groups in total. The maximum absolute atomic E-state index is 12.8. The van der Waals surface area contributed by atoms with Crippen LogP contribution in [0.5, 0.6) is 0 Å². The minimum absolute atomic E-state index is 0.341. The molecule has 0 amide bonds. The van der Waals surface area contributed by atoms with E-state index in [0.29, 0.717) is 12.8 Å². The first kappa shape index (κ1) is 11.3. The predicted octanol–water partition coefficient (Wildman–Crippen LogP) is 2.96. The second-order valence-corrected chi connectivity index (χ2v) is 2.67. The number of hydrogen-bond donors (Lipinski definition) is 0. The van der Waals surface area contributed by atoms with Gasteiger partial charge in [-0.3, -0.25) is 4.79 Å². The molecule has 0 atom stereocenters. The Morgan fingerprint density at radius 2 is 2.08 bits per heavy atom. The number of unbranched alkanes of at least 4 members (excludes halogenated alkanes) is 1. The zero-order chi connectivity index (χ0) is 9.61. The summed E-state index contributed by atoms with van der Waals surface area (Å²) in [6, 6.07) is 0. The van der Waals surface area contributed by atoms with Crippen molar-refractivity contribution >= 4 is 5.78 Å². The van der Waals surface area contributed by atoms with Crippen LogP contribution in [-0.4, -0.2) is 11.7 Å². The third-order valence-electron chi connectivity index (χ3n) is 1.52. The Bertz CT molecular complexity index is 173. The highest BCUT2D eigenvalue weighted by Crippen LogP contribution is 2.22. The molecule has 70 valence electrons. The second kappa shape index (κ2) is 5.01. The van der Waals surface area contributed by atoms with Crippen LogP contribution in [0.2, 0.25) is 0 Å². The number of allylic oxidation sites excluding steroid dienone is 2. The van der Waals surface area contributed by atoms with E-state index in [-0.39, 0.29) is 6.42 Å². The molecule has 0 heterocycles. The van der Waals surface area contributed by atoms with Gasteiger partial charge in [-0.15, -0.1) is 0 Å². The van der Waals surface area contributed by atoms with Crippen LogP contribution in [0.1, 0.15) is 33.1 Å². The second-order valence-electron chi connectivity index (χ2n) is 2.67. The van der Waals surface area contributed by atoms with E-state index >= 15 is 0 Å². The third-order valence-corrected chi connectivity index (χ3v) is 1.52. The van der Waals surface area contributed by atoms with Gasteiger partial charge in [0.1, 0.15) is 0 Å². The van der Waals surface area contributed by atoms with Crippen molar-refractivity contribution in [3.05, 3.63) is 12.2 Å². The van der Waals surface area contributed by atoms with Gasteiger partial charge in [-0.1, -0.05) is 19.4 Å². The van der Waals surface area contributed by atoms with Crippen molar-refractivity contribution in [2.24, 2.45) is 0 Å². The van der Waals surface area contributed by atoms with Crippen molar-refractivity contribution in [1.82, 2.24) is 0 Å². The SMILES string of the molecule is C/C=C/C(=O)C(F)(F)CCCC. The van der Waals surface area contributed by atoms with Gasteiger partial charge in [-0.05, 0) is 19.4 Å². The molecule has 0 fully saturated rings. The maximum atomic E-state index is 12.8. The van der Waals surface area contributed by atoms with Gasteiger partial charge in [0.15, 0.2) is 0 Å². The number of carbonyl (C=O) groups is 1. The van der Waals surface area contributed by atoms with E-state index in [2.05, 4.69) is 0 Å². The average molecular weight is 176 g/mol.